The van der Waals surface area contributed by atoms with Crippen molar-refractivity contribution >= 4 is 16.9 Å². The maximum atomic E-state index is 5.80. The lowest BCUT2D eigenvalue weighted by Crippen LogP contribution is -2.39. The summed E-state index contributed by atoms with van der Waals surface area (Å²) in [6.07, 6.45) is 5.04. The standard InChI is InChI=1S/C16H19N3O/c1-2-4-15-11(3-1)9-14(20-15)10-17-16(18-12-5-6-12)19-13-7-8-13/h1-4,9,12-13H,5-8,10H2,(H2,17,18,19). The molecule has 1 aromatic carbocycles. The molecule has 2 aromatic rings. The zero-order valence-electron chi connectivity index (χ0n) is 11.4. The predicted molar refractivity (Wildman–Crippen MR) is 79.7 cm³/mol. The second kappa shape index (κ2) is 4.85. The summed E-state index contributed by atoms with van der Waals surface area (Å²) >= 11 is 0. The van der Waals surface area contributed by atoms with Gasteiger partial charge in [-0.1, -0.05) is 18.2 Å². The average molecular weight is 269 g/mol. The number of furan rings is 1. The van der Waals surface area contributed by atoms with Crippen LogP contribution < -0.4 is 10.6 Å². The van der Waals surface area contributed by atoms with E-state index in [4.69, 9.17) is 4.42 Å². The van der Waals surface area contributed by atoms with Gasteiger partial charge in [0.05, 0.1) is 0 Å². The van der Waals surface area contributed by atoms with E-state index >= 15 is 0 Å². The van der Waals surface area contributed by atoms with Gasteiger partial charge in [-0.25, -0.2) is 4.99 Å². The number of hydrogen-bond acceptors (Lipinski definition) is 2. The number of fused-ring (bicyclic) bond motifs is 1. The lowest BCUT2D eigenvalue weighted by molar-refractivity contribution is 0.551. The predicted octanol–water partition coefficient (Wildman–Crippen LogP) is 2.79. The van der Waals surface area contributed by atoms with Gasteiger partial charge in [0.2, 0.25) is 0 Å². The van der Waals surface area contributed by atoms with Crippen molar-refractivity contribution in [2.45, 2.75) is 44.3 Å². The Morgan fingerprint density at radius 3 is 2.45 bits per heavy atom. The molecule has 20 heavy (non-hydrogen) atoms. The number of nitrogens with one attached hydrogen (secondary N) is 2. The van der Waals surface area contributed by atoms with Crippen LogP contribution in [0.15, 0.2) is 39.7 Å². The third-order valence-electron chi connectivity index (χ3n) is 3.71. The number of hydrogen-bond donors (Lipinski definition) is 2. The topological polar surface area (TPSA) is 49.6 Å². The molecule has 2 saturated carbocycles. The second-order valence-electron chi connectivity index (χ2n) is 5.75. The minimum atomic E-state index is 0.587. The first-order valence-corrected chi connectivity index (χ1v) is 7.42. The molecule has 0 spiro atoms. The third-order valence-corrected chi connectivity index (χ3v) is 3.71. The van der Waals surface area contributed by atoms with Crippen molar-refractivity contribution in [2.24, 2.45) is 4.99 Å². The highest BCUT2D eigenvalue weighted by Gasteiger charge is 2.26. The van der Waals surface area contributed by atoms with Crippen molar-refractivity contribution in [2.75, 3.05) is 0 Å². The molecule has 0 bridgehead atoms. The molecule has 2 aliphatic rings. The minimum Gasteiger partial charge on any atom is -0.459 e. The molecule has 0 saturated heterocycles. The molecule has 0 unspecified atom stereocenters. The van der Waals surface area contributed by atoms with E-state index in [0.717, 1.165) is 22.7 Å². The summed E-state index contributed by atoms with van der Waals surface area (Å²) in [6, 6.07) is 11.4. The number of guanidine groups is 1. The van der Waals surface area contributed by atoms with E-state index in [2.05, 4.69) is 27.8 Å². The maximum absolute atomic E-state index is 5.80. The van der Waals surface area contributed by atoms with Crippen molar-refractivity contribution in [3.63, 3.8) is 0 Å². The fourth-order valence-corrected chi connectivity index (χ4v) is 2.25. The summed E-state index contributed by atoms with van der Waals surface area (Å²) in [6.45, 7) is 0.587. The highest BCUT2D eigenvalue weighted by atomic mass is 16.3. The summed E-state index contributed by atoms with van der Waals surface area (Å²) in [5.74, 6) is 1.86. The normalized spacial score (nSPS) is 18.0. The zero-order chi connectivity index (χ0) is 13.4. The molecule has 4 heteroatoms. The van der Waals surface area contributed by atoms with Crippen molar-refractivity contribution in [1.29, 1.82) is 0 Å². The molecule has 2 aliphatic carbocycles. The molecule has 0 aliphatic heterocycles. The Labute approximate surface area is 118 Å². The maximum Gasteiger partial charge on any atom is 0.192 e. The van der Waals surface area contributed by atoms with Gasteiger partial charge in [-0.05, 0) is 37.8 Å². The molecule has 0 amide bonds. The summed E-state index contributed by atoms with van der Waals surface area (Å²) in [5.41, 5.74) is 0.935. The van der Waals surface area contributed by atoms with Crippen LogP contribution in [0.25, 0.3) is 11.0 Å². The van der Waals surface area contributed by atoms with E-state index in [1.165, 1.54) is 25.7 Å². The molecule has 1 aromatic heterocycles. The Morgan fingerprint density at radius 2 is 1.80 bits per heavy atom. The molecule has 4 rings (SSSR count). The second-order valence-corrected chi connectivity index (χ2v) is 5.75. The Kier molecular flexibility index (Phi) is 2.87. The van der Waals surface area contributed by atoms with Crippen molar-refractivity contribution in [3.05, 3.63) is 36.1 Å². The van der Waals surface area contributed by atoms with E-state index in [-0.39, 0.29) is 0 Å². The van der Waals surface area contributed by atoms with Gasteiger partial charge in [0, 0.05) is 17.5 Å². The van der Waals surface area contributed by atoms with E-state index in [1.807, 2.05) is 18.2 Å². The van der Waals surface area contributed by atoms with Gasteiger partial charge in [-0.2, -0.15) is 0 Å². The van der Waals surface area contributed by atoms with Crippen LogP contribution in [-0.2, 0) is 6.54 Å². The van der Waals surface area contributed by atoms with Gasteiger partial charge in [0.25, 0.3) is 0 Å². The highest BCUT2D eigenvalue weighted by molar-refractivity contribution is 5.81. The van der Waals surface area contributed by atoms with Crippen LogP contribution in [0.1, 0.15) is 31.4 Å². The molecular formula is C16H19N3O. The van der Waals surface area contributed by atoms with Gasteiger partial charge in [0.15, 0.2) is 5.96 Å². The van der Waals surface area contributed by atoms with Crippen LogP contribution in [0.2, 0.25) is 0 Å². The molecule has 104 valence electrons. The zero-order valence-corrected chi connectivity index (χ0v) is 11.4. The fourth-order valence-electron chi connectivity index (χ4n) is 2.25. The van der Waals surface area contributed by atoms with Crippen molar-refractivity contribution < 1.29 is 4.42 Å². The van der Waals surface area contributed by atoms with Gasteiger partial charge < -0.3 is 15.1 Å². The van der Waals surface area contributed by atoms with Gasteiger partial charge in [0.1, 0.15) is 17.9 Å². The monoisotopic (exact) mass is 269 g/mol. The number of benzene rings is 1. The van der Waals surface area contributed by atoms with Crippen LogP contribution in [0.3, 0.4) is 0 Å². The molecule has 1 heterocycles. The van der Waals surface area contributed by atoms with Crippen molar-refractivity contribution in [1.82, 2.24) is 10.6 Å². The first kappa shape index (κ1) is 11.8. The van der Waals surface area contributed by atoms with Gasteiger partial charge in [-0.15, -0.1) is 0 Å². The lowest BCUT2D eigenvalue weighted by Gasteiger charge is -2.10. The van der Waals surface area contributed by atoms with Crippen LogP contribution in [0.5, 0.6) is 0 Å². The molecule has 2 N–H and O–H groups in total. The molecule has 2 fully saturated rings. The number of para-hydroxylation sites is 1. The Bertz CT molecular complexity index is 589. The minimum absolute atomic E-state index is 0.587. The highest BCUT2D eigenvalue weighted by Crippen LogP contribution is 2.22. The first-order chi connectivity index (χ1) is 9.87. The average Bonchev–Trinajstić information content (AvgIpc) is 3.37. The molecular weight excluding hydrogens is 250 g/mol. The quantitative estimate of drug-likeness (QED) is 0.663. The SMILES string of the molecule is c1ccc2oc(CN=C(NC3CC3)NC3CC3)cc2c1. The van der Waals surface area contributed by atoms with Gasteiger partial charge in [-0.3, -0.25) is 0 Å². The molecule has 0 atom stereocenters. The molecule has 4 nitrogen and oxygen atoms in total. The summed E-state index contributed by atoms with van der Waals surface area (Å²) in [4.78, 5) is 4.65. The van der Waals surface area contributed by atoms with Crippen LogP contribution in [0, 0.1) is 0 Å². The van der Waals surface area contributed by atoms with Crippen LogP contribution >= 0.6 is 0 Å². The van der Waals surface area contributed by atoms with E-state index in [1.54, 1.807) is 0 Å². The Morgan fingerprint density at radius 1 is 1.10 bits per heavy atom. The van der Waals surface area contributed by atoms with E-state index in [9.17, 15) is 0 Å². The van der Waals surface area contributed by atoms with E-state index < -0.39 is 0 Å². The largest absolute Gasteiger partial charge is 0.459 e. The number of rotatable bonds is 4. The fraction of sp³-hybridized carbons (Fsp3) is 0.438. The van der Waals surface area contributed by atoms with E-state index in [0.29, 0.717) is 18.6 Å². The van der Waals surface area contributed by atoms with Gasteiger partial charge >= 0.3 is 0 Å². The van der Waals surface area contributed by atoms with Crippen LogP contribution in [-0.4, -0.2) is 18.0 Å². The molecule has 0 radical (unpaired) electrons. The first-order valence-electron chi connectivity index (χ1n) is 7.42. The third kappa shape index (κ3) is 2.79. The summed E-state index contributed by atoms with van der Waals surface area (Å²) < 4.78 is 5.80. The van der Waals surface area contributed by atoms with Crippen molar-refractivity contribution in [3.8, 4) is 0 Å². The number of nitrogens with zero attached hydrogens (tertiary/aromatic N) is 1. The lowest BCUT2D eigenvalue weighted by atomic mass is 10.2. The van der Waals surface area contributed by atoms with Crippen LogP contribution in [0.4, 0.5) is 0 Å². The smallest absolute Gasteiger partial charge is 0.192 e. The Balaban J connectivity index is 1.48. The summed E-state index contributed by atoms with van der Waals surface area (Å²) in [5, 5.41) is 8.07. The number of aliphatic imine (C=N–C) groups is 1. The Hall–Kier alpha value is -1.97. The summed E-state index contributed by atoms with van der Waals surface area (Å²) in [7, 11) is 0.